The van der Waals surface area contributed by atoms with Gasteiger partial charge in [-0.15, -0.1) is 0 Å². The average Bonchev–Trinajstić information content (AvgIpc) is 3.42. The monoisotopic (exact) mass is 536 g/mol. The van der Waals surface area contributed by atoms with E-state index >= 15 is 0 Å². The van der Waals surface area contributed by atoms with E-state index in [4.69, 9.17) is 19.3 Å². The maximum Gasteiger partial charge on any atom is 0.255 e. The van der Waals surface area contributed by atoms with Crippen molar-refractivity contribution in [1.82, 2.24) is 15.0 Å². The number of carbonyl (C=O) groups excluding carboxylic acids is 1. The summed E-state index contributed by atoms with van der Waals surface area (Å²) in [5, 5.41) is 12.2. The SMILES string of the molecule is CCCCCCCCCCCCc1cnn([C@@H](C(=O)Nc2c(OC)cc(OC)cc2OC)c2ccccc2)n1. The third kappa shape index (κ3) is 9.01. The van der Waals surface area contributed by atoms with Crippen molar-refractivity contribution >= 4 is 11.6 Å². The van der Waals surface area contributed by atoms with E-state index in [0.717, 1.165) is 24.1 Å². The normalized spacial score (nSPS) is 11.7. The molecule has 0 saturated heterocycles. The van der Waals surface area contributed by atoms with Crippen molar-refractivity contribution in [1.29, 1.82) is 0 Å². The van der Waals surface area contributed by atoms with Gasteiger partial charge >= 0.3 is 0 Å². The molecule has 0 radical (unpaired) electrons. The van der Waals surface area contributed by atoms with Crippen LogP contribution in [0.5, 0.6) is 17.2 Å². The minimum Gasteiger partial charge on any atom is -0.496 e. The Labute approximate surface area is 233 Å². The molecule has 0 fully saturated rings. The number of hydrogen-bond donors (Lipinski definition) is 1. The van der Waals surface area contributed by atoms with Crippen LogP contribution >= 0.6 is 0 Å². The van der Waals surface area contributed by atoms with E-state index in [2.05, 4.69) is 17.3 Å². The fraction of sp³-hybridized carbons (Fsp3) is 0.516. The van der Waals surface area contributed by atoms with Gasteiger partial charge in [-0.1, -0.05) is 95.0 Å². The van der Waals surface area contributed by atoms with Crippen LogP contribution in [-0.2, 0) is 11.2 Å². The van der Waals surface area contributed by atoms with Crippen LogP contribution in [0.15, 0.2) is 48.7 Å². The quantitative estimate of drug-likeness (QED) is 0.176. The van der Waals surface area contributed by atoms with Crippen molar-refractivity contribution in [2.75, 3.05) is 26.6 Å². The number of aryl methyl sites for hydroxylation is 1. The molecule has 8 nitrogen and oxygen atoms in total. The molecule has 8 heteroatoms. The number of benzene rings is 2. The first kappa shape index (κ1) is 30.0. The van der Waals surface area contributed by atoms with Crippen LogP contribution in [-0.4, -0.2) is 42.2 Å². The lowest BCUT2D eigenvalue weighted by Crippen LogP contribution is -2.29. The molecule has 0 saturated carbocycles. The van der Waals surface area contributed by atoms with Gasteiger partial charge in [0.2, 0.25) is 0 Å². The Morgan fingerprint density at radius 2 is 1.44 bits per heavy atom. The Morgan fingerprint density at radius 3 is 2.00 bits per heavy atom. The topological polar surface area (TPSA) is 87.5 Å². The highest BCUT2D eigenvalue weighted by Crippen LogP contribution is 2.39. The third-order valence-electron chi connectivity index (χ3n) is 6.90. The number of nitrogens with one attached hydrogen (secondary N) is 1. The molecule has 212 valence electrons. The molecular weight excluding hydrogens is 492 g/mol. The summed E-state index contributed by atoms with van der Waals surface area (Å²) in [6.45, 7) is 2.26. The van der Waals surface area contributed by atoms with Gasteiger partial charge in [0.05, 0.1) is 33.2 Å². The van der Waals surface area contributed by atoms with Gasteiger partial charge in [-0.2, -0.15) is 15.0 Å². The number of anilines is 1. The van der Waals surface area contributed by atoms with Crippen LogP contribution in [0.25, 0.3) is 0 Å². The highest BCUT2D eigenvalue weighted by atomic mass is 16.5. The summed E-state index contributed by atoms with van der Waals surface area (Å²) in [6.07, 6.45) is 15.5. The summed E-state index contributed by atoms with van der Waals surface area (Å²) in [5.41, 5.74) is 2.09. The Balaban J connectivity index is 1.65. The van der Waals surface area contributed by atoms with Gasteiger partial charge < -0.3 is 19.5 Å². The van der Waals surface area contributed by atoms with Crippen LogP contribution < -0.4 is 19.5 Å². The Kier molecular flexibility index (Phi) is 12.6. The lowest BCUT2D eigenvalue weighted by atomic mass is 10.1. The van der Waals surface area contributed by atoms with E-state index in [1.165, 1.54) is 76.8 Å². The highest BCUT2D eigenvalue weighted by Gasteiger charge is 2.27. The molecule has 0 aliphatic heterocycles. The molecule has 1 N–H and O–H groups in total. The predicted molar refractivity (Wildman–Crippen MR) is 155 cm³/mol. The highest BCUT2D eigenvalue weighted by molar-refractivity contribution is 5.98. The van der Waals surface area contributed by atoms with Crippen LogP contribution in [0.1, 0.15) is 88.4 Å². The van der Waals surface area contributed by atoms with Crippen LogP contribution in [0, 0.1) is 0 Å². The van der Waals surface area contributed by atoms with Crippen molar-refractivity contribution in [3.63, 3.8) is 0 Å². The van der Waals surface area contributed by atoms with Crippen LogP contribution in [0.4, 0.5) is 5.69 Å². The molecule has 0 aliphatic carbocycles. The number of rotatable bonds is 18. The number of ether oxygens (including phenoxy) is 3. The third-order valence-corrected chi connectivity index (χ3v) is 6.90. The fourth-order valence-corrected chi connectivity index (χ4v) is 4.69. The van der Waals surface area contributed by atoms with Gasteiger partial charge in [0.1, 0.15) is 22.9 Å². The van der Waals surface area contributed by atoms with Crippen molar-refractivity contribution in [2.24, 2.45) is 0 Å². The van der Waals surface area contributed by atoms with Crippen molar-refractivity contribution in [2.45, 2.75) is 83.6 Å². The number of methoxy groups -OCH3 is 3. The molecule has 3 rings (SSSR count). The molecule has 39 heavy (non-hydrogen) atoms. The summed E-state index contributed by atoms with van der Waals surface area (Å²) in [7, 11) is 4.63. The Morgan fingerprint density at radius 1 is 0.846 bits per heavy atom. The zero-order valence-corrected chi connectivity index (χ0v) is 23.9. The first-order valence-corrected chi connectivity index (χ1v) is 14.2. The number of unbranched alkanes of at least 4 members (excludes halogenated alkanes) is 9. The Hall–Kier alpha value is -3.55. The molecule has 1 heterocycles. The van der Waals surface area contributed by atoms with Gasteiger partial charge in [-0.25, -0.2) is 0 Å². The van der Waals surface area contributed by atoms with Gasteiger partial charge in [0, 0.05) is 12.1 Å². The number of carbonyl (C=O) groups is 1. The lowest BCUT2D eigenvalue weighted by molar-refractivity contribution is -0.118. The number of nitrogens with zero attached hydrogens (tertiary/aromatic N) is 3. The zero-order chi connectivity index (χ0) is 27.9. The molecule has 3 aromatic rings. The van der Waals surface area contributed by atoms with Crippen molar-refractivity contribution < 1.29 is 19.0 Å². The Bertz CT molecular complexity index is 1110. The minimum absolute atomic E-state index is 0.302. The maximum absolute atomic E-state index is 13.7. The molecule has 0 spiro atoms. The smallest absolute Gasteiger partial charge is 0.255 e. The lowest BCUT2D eigenvalue weighted by Gasteiger charge is -2.20. The fourth-order valence-electron chi connectivity index (χ4n) is 4.69. The first-order valence-electron chi connectivity index (χ1n) is 14.2. The van der Waals surface area contributed by atoms with Crippen molar-refractivity contribution in [3.05, 3.63) is 59.9 Å². The van der Waals surface area contributed by atoms with E-state index in [-0.39, 0.29) is 5.91 Å². The maximum atomic E-state index is 13.7. The molecule has 1 atom stereocenters. The number of hydrogen-bond acceptors (Lipinski definition) is 6. The van der Waals surface area contributed by atoms with Gasteiger partial charge in [-0.05, 0) is 18.4 Å². The van der Waals surface area contributed by atoms with E-state index in [9.17, 15) is 4.79 Å². The van der Waals surface area contributed by atoms with E-state index in [1.807, 2.05) is 30.3 Å². The molecule has 1 aromatic heterocycles. The van der Waals surface area contributed by atoms with Gasteiger partial charge in [0.15, 0.2) is 6.04 Å². The summed E-state index contributed by atoms with van der Waals surface area (Å²) in [4.78, 5) is 15.2. The molecule has 1 amide bonds. The van der Waals surface area contributed by atoms with Gasteiger partial charge in [-0.3, -0.25) is 4.79 Å². The summed E-state index contributed by atoms with van der Waals surface area (Å²) >= 11 is 0. The molecule has 0 unspecified atom stereocenters. The van der Waals surface area contributed by atoms with Crippen molar-refractivity contribution in [3.8, 4) is 17.2 Å². The minimum atomic E-state index is -0.760. The predicted octanol–water partition coefficient (Wildman–Crippen LogP) is 7.00. The van der Waals surface area contributed by atoms with E-state index < -0.39 is 6.04 Å². The molecule has 2 aromatic carbocycles. The zero-order valence-electron chi connectivity index (χ0n) is 23.9. The van der Waals surface area contributed by atoms with Crippen LogP contribution in [0.3, 0.4) is 0 Å². The summed E-state index contributed by atoms with van der Waals surface area (Å²) in [5.74, 6) is 1.12. The molecule has 0 bridgehead atoms. The largest absolute Gasteiger partial charge is 0.496 e. The second-order valence-electron chi connectivity index (χ2n) is 9.80. The molecular formula is C31H44N4O4. The molecule has 0 aliphatic rings. The van der Waals surface area contributed by atoms with E-state index in [0.29, 0.717) is 22.9 Å². The second-order valence-corrected chi connectivity index (χ2v) is 9.80. The first-order chi connectivity index (χ1) is 19.1. The average molecular weight is 537 g/mol. The summed E-state index contributed by atoms with van der Waals surface area (Å²) in [6, 6.07) is 12.2. The second kappa shape index (κ2) is 16.4. The van der Waals surface area contributed by atoms with Crippen LogP contribution in [0.2, 0.25) is 0 Å². The standard InChI is InChI=1S/C31H44N4O4/c1-5-6-7-8-9-10-11-12-13-17-20-25-23-32-35(34-25)30(24-18-15-14-16-19-24)31(36)33-29-27(38-3)21-26(37-2)22-28(29)39-4/h14-16,18-19,21-23,30H,5-13,17,20H2,1-4H3,(H,33,36)/t30-/m1/s1. The van der Waals surface area contributed by atoms with E-state index in [1.54, 1.807) is 25.4 Å². The summed E-state index contributed by atoms with van der Waals surface area (Å²) < 4.78 is 16.4. The van der Waals surface area contributed by atoms with Gasteiger partial charge in [0.25, 0.3) is 5.91 Å². The number of aromatic nitrogens is 3. The number of amides is 1.